The highest BCUT2D eigenvalue weighted by Crippen LogP contribution is 2.21. The Bertz CT molecular complexity index is 816. The summed E-state index contributed by atoms with van der Waals surface area (Å²) in [6.07, 6.45) is 2.38. The van der Waals surface area contributed by atoms with Crippen LogP contribution in [-0.4, -0.2) is 56.4 Å². The van der Waals surface area contributed by atoms with Crippen LogP contribution in [0.5, 0.6) is 0 Å². The number of hydrogen-bond donors (Lipinski definition) is 2. The third-order valence-electron chi connectivity index (χ3n) is 4.37. The largest absolute Gasteiger partial charge is 0.452 e. The molecular formula is C18H25N3O6S. The molecule has 0 aromatic heterocycles. The molecule has 10 heteroatoms. The Balaban J connectivity index is 1.87. The topological polar surface area (TPSA) is 122 Å². The minimum Gasteiger partial charge on any atom is -0.452 e. The molecule has 1 saturated heterocycles. The van der Waals surface area contributed by atoms with Crippen LogP contribution in [0.25, 0.3) is 0 Å². The van der Waals surface area contributed by atoms with E-state index in [9.17, 15) is 22.8 Å². The highest BCUT2D eigenvalue weighted by molar-refractivity contribution is 7.89. The molecule has 1 fully saturated rings. The van der Waals surface area contributed by atoms with Crippen molar-refractivity contribution in [3.05, 3.63) is 29.8 Å². The second kappa shape index (κ2) is 9.65. The summed E-state index contributed by atoms with van der Waals surface area (Å²) in [5, 5.41) is 4.61. The summed E-state index contributed by atoms with van der Waals surface area (Å²) in [4.78, 5) is 35.3. The van der Waals surface area contributed by atoms with Gasteiger partial charge >= 0.3 is 12.0 Å². The number of carbonyl (C=O) groups excluding carboxylic acids is 3. The third kappa shape index (κ3) is 5.77. The van der Waals surface area contributed by atoms with Gasteiger partial charge in [-0.1, -0.05) is 6.92 Å². The molecule has 0 unspecified atom stereocenters. The quantitative estimate of drug-likeness (QED) is 0.651. The van der Waals surface area contributed by atoms with Gasteiger partial charge in [0.15, 0.2) is 6.61 Å². The number of hydrogen-bond acceptors (Lipinski definition) is 6. The van der Waals surface area contributed by atoms with Crippen LogP contribution in [0.3, 0.4) is 0 Å². The molecular weight excluding hydrogens is 386 g/mol. The predicted octanol–water partition coefficient (Wildman–Crippen LogP) is 1.25. The Morgan fingerprint density at radius 3 is 2.32 bits per heavy atom. The van der Waals surface area contributed by atoms with Gasteiger partial charge in [-0.05, 0) is 50.5 Å². The van der Waals surface area contributed by atoms with Crippen LogP contribution in [0, 0.1) is 0 Å². The van der Waals surface area contributed by atoms with Gasteiger partial charge in [-0.2, -0.15) is 4.31 Å². The monoisotopic (exact) mass is 411 g/mol. The van der Waals surface area contributed by atoms with Gasteiger partial charge in [0, 0.05) is 19.1 Å². The number of esters is 1. The highest BCUT2D eigenvalue weighted by atomic mass is 32.2. The zero-order valence-electron chi connectivity index (χ0n) is 15.9. The average molecular weight is 411 g/mol. The van der Waals surface area contributed by atoms with Crippen molar-refractivity contribution >= 4 is 27.9 Å². The lowest BCUT2D eigenvalue weighted by molar-refractivity contribution is -0.123. The van der Waals surface area contributed by atoms with Crippen LogP contribution < -0.4 is 10.6 Å². The molecule has 1 atom stereocenters. The van der Waals surface area contributed by atoms with Gasteiger partial charge in [0.2, 0.25) is 10.0 Å². The maximum Gasteiger partial charge on any atom is 0.338 e. The lowest BCUT2D eigenvalue weighted by atomic mass is 10.2. The number of sulfonamides is 1. The minimum absolute atomic E-state index is 0.0919. The van der Waals surface area contributed by atoms with E-state index in [1.54, 1.807) is 6.92 Å². The SMILES string of the molecule is CC[C@H](C)NC(=O)NC(=O)COC(=O)c1ccc(S(=O)(=O)N2CCCC2)cc1. The number of nitrogens with zero attached hydrogens (tertiary/aromatic N) is 1. The smallest absolute Gasteiger partial charge is 0.338 e. The molecule has 0 spiro atoms. The van der Waals surface area contributed by atoms with Crippen molar-refractivity contribution in [2.75, 3.05) is 19.7 Å². The standard InChI is InChI=1S/C18H25N3O6S/c1-3-13(2)19-18(24)20-16(22)12-27-17(23)14-6-8-15(9-7-14)28(25,26)21-10-4-5-11-21/h6-9,13H,3-5,10-12H2,1-2H3,(H2,19,20,22,24)/t13-/m0/s1. The summed E-state index contributed by atoms with van der Waals surface area (Å²) in [6, 6.07) is 4.59. The molecule has 0 saturated carbocycles. The van der Waals surface area contributed by atoms with E-state index < -0.39 is 34.5 Å². The van der Waals surface area contributed by atoms with Gasteiger partial charge in [-0.3, -0.25) is 10.1 Å². The second-order valence-corrected chi connectivity index (χ2v) is 8.48. The molecule has 2 N–H and O–H groups in total. The van der Waals surface area contributed by atoms with Crippen molar-refractivity contribution in [3.63, 3.8) is 0 Å². The van der Waals surface area contributed by atoms with Crippen molar-refractivity contribution < 1.29 is 27.5 Å². The Morgan fingerprint density at radius 1 is 1.14 bits per heavy atom. The lowest BCUT2D eigenvalue weighted by Gasteiger charge is -2.15. The van der Waals surface area contributed by atoms with E-state index in [2.05, 4.69) is 10.6 Å². The van der Waals surface area contributed by atoms with Crippen LogP contribution in [0.1, 0.15) is 43.5 Å². The van der Waals surface area contributed by atoms with E-state index >= 15 is 0 Å². The average Bonchev–Trinajstić information content (AvgIpc) is 3.21. The van der Waals surface area contributed by atoms with Crippen molar-refractivity contribution in [2.45, 2.75) is 44.0 Å². The number of benzene rings is 1. The first-order valence-electron chi connectivity index (χ1n) is 9.11. The summed E-state index contributed by atoms with van der Waals surface area (Å²) in [5.41, 5.74) is 0.109. The fourth-order valence-corrected chi connectivity index (χ4v) is 4.10. The van der Waals surface area contributed by atoms with Crippen LogP contribution in [0.15, 0.2) is 29.2 Å². The number of nitrogens with one attached hydrogen (secondary N) is 2. The summed E-state index contributed by atoms with van der Waals surface area (Å²) in [7, 11) is -3.56. The second-order valence-electron chi connectivity index (χ2n) is 6.54. The Kier molecular flexibility index (Phi) is 7.53. The van der Waals surface area contributed by atoms with Crippen molar-refractivity contribution in [1.82, 2.24) is 14.9 Å². The van der Waals surface area contributed by atoms with E-state index in [4.69, 9.17) is 4.74 Å². The Morgan fingerprint density at radius 2 is 1.75 bits per heavy atom. The fraction of sp³-hybridized carbons (Fsp3) is 0.500. The molecule has 1 aromatic carbocycles. The number of rotatable bonds is 7. The molecule has 28 heavy (non-hydrogen) atoms. The molecule has 2 rings (SSSR count). The van der Waals surface area contributed by atoms with E-state index in [1.807, 2.05) is 6.92 Å². The summed E-state index contributed by atoms with van der Waals surface area (Å²) in [5.74, 6) is -1.55. The van der Waals surface area contributed by atoms with Crippen LogP contribution in [0.2, 0.25) is 0 Å². The Hall–Kier alpha value is -2.46. The number of urea groups is 1. The summed E-state index contributed by atoms with van der Waals surface area (Å²) < 4.78 is 31.2. The number of ether oxygens (including phenoxy) is 1. The molecule has 1 aliphatic rings. The van der Waals surface area contributed by atoms with Gasteiger partial charge in [0.05, 0.1) is 10.5 Å². The molecule has 1 heterocycles. The first-order chi connectivity index (χ1) is 13.2. The molecule has 154 valence electrons. The van der Waals surface area contributed by atoms with Gasteiger partial charge < -0.3 is 10.1 Å². The molecule has 3 amide bonds. The maximum absolute atomic E-state index is 12.5. The molecule has 0 radical (unpaired) electrons. The molecule has 1 aromatic rings. The number of imide groups is 1. The molecule has 0 aliphatic carbocycles. The zero-order chi connectivity index (χ0) is 20.7. The van der Waals surface area contributed by atoms with Crippen molar-refractivity contribution in [2.24, 2.45) is 0 Å². The number of carbonyl (C=O) groups is 3. The Labute approximate surface area is 164 Å². The lowest BCUT2D eigenvalue weighted by Crippen LogP contribution is -2.44. The van der Waals surface area contributed by atoms with E-state index in [0.717, 1.165) is 12.8 Å². The van der Waals surface area contributed by atoms with E-state index in [-0.39, 0.29) is 16.5 Å². The maximum atomic E-state index is 12.5. The van der Waals surface area contributed by atoms with Gasteiger partial charge in [-0.15, -0.1) is 0 Å². The molecule has 0 bridgehead atoms. The van der Waals surface area contributed by atoms with Crippen molar-refractivity contribution in [1.29, 1.82) is 0 Å². The molecule has 9 nitrogen and oxygen atoms in total. The van der Waals surface area contributed by atoms with Crippen molar-refractivity contribution in [3.8, 4) is 0 Å². The molecule has 1 aliphatic heterocycles. The predicted molar refractivity (Wildman–Crippen MR) is 101 cm³/mol. The van der Waals surface area contributed by atoms with Gasteiger partial charge in [-0.25, -0.2) is 18.0 Å². The normalized spacial score (nSPS) is 15.6. The number of amides is 3. The van der Waals surface area contributed by atoms with Crippen LogP contribution in [-0.2, 0) is 19.6 Å². The first kappa shape index (κ1) is 21.8. The van der Waals surface area contributed by atoms with Gasteiger partial charge in [0.25, 0.3) is 5.91 Å². The van der Waals surface area contributed by atoms with Crippen LogP contribution >= 0.6 is 0 Å². The minimum atomic E-state index is -3.56. The highest BCUT2D eigenvalue weighted by Gasteiger charge is 2.27. The summed E-state index contributed by atoms with van der Waals surface area (Å²) in [6.45, 7) is 4.03. The van der Waals surface area contributed by atoms with Crippen LogP contribution in [0.4, 0.5) is 4.79 Å². The first-order valence-corrected chi connectivity index (χ1v) is 10.6. The van der Waals surface area contributed by atoms with Gasteiger partial charge in [0.1, 0.15) is 0 Å². The van der Waals surface area contributed by atoms with E-state index in [0.29, 0.717) is 19.5 Å². The third-order valence-corrected chi connectivity index (χ3v) is 6.28. The van der Waals surface area contributed by atoms with E-state index in [1.165, 1.54) is 28.6 Å². The fourth-order valence-electron chi connectivity index (χ4n) is 2.58. The summed E-state index contributed by atoms with van der Waals surface area (Å²) >= 11 is 0. The zero-order valence-corrected chi connectivity index (χ0v) is 16.8.